The molecule has 2 fully saturated rings. The van der Waals surface area contributed by atoms with Crippen molar-refractivity contribution < 1.29 is 12.8 Å². The molecule has 1 atom stereocenters. The Morgan fingerprint density at radius 3 is 2.78 bits per heavy atom. The largest absolute Gasteiger partial charge is 0.468 e. The summed E-state index contributed by atoms with van der Waals surface area (Å²) in [4.78, 5) is 0. The summed E-state index contributed by atoms with van der Waals surface area (Å²) < 4.78 is 31.5. The molecule has 3 rings (SSSR count). The van der Waals surface area contributed by atoms with Crippen molar-refractivity contribution in [3.8, 4) is 0 Å². The Bertz CT molecular complexity index is 493. The highest BCUT2D eigenvalue weighted by Crippen LogP contribution is 2.37. The zero-order chi connectivity index (χ0) is 12.6. The van der Waals surface area contributed by atoms with Gasteiger partial charge in [-0.05, 0) is 31.4 Å². The molecule has 1 aromatic rings. The van der Waals surface area contributed by atoms with Crippen LogP contribution in [0.25, 0.3) is 0 Å². The molecule has 0 bridgehead atoms. The number of rotatable bonds is 3. The minimum atomic E-state index is -3.02. The number of thioether (sulfide) groups is 1. The number of furan rings is 1. The van der Waals surface area contributed by atoms with Crippen LogP contribution >= 0.6 is 11.8 Å². The first-order valence-electron chi connectivity index (χ1n) is 6.32. The minimum Gasteiger partial charge on any atom is -0.468 e. The third-order valence-electron chi connectivity index (χ3n) is 3.47. The first kappa shape index (κ1) is 12.6. The minimum absolute atomic E-state index is 0.0948. The van der Waals surface area contributed by atoms with Crippen LogP contribution in [0.2, 0.25) is 0 Å². The van der Waals surface area contributed by atoms with E-state index in [0.29, 0.717) is 18.3 Å². The van der Waals surface area contributed by atoms with Gasteiger partial charge in [-0.3, -0.25) is 0 Å². The molecule has 4 nitrogen and oxygen atoms in total. The molecule has 1 aromatic heterocycles. The molecule has 2 heterocycles. The highest BCUT2D eigenvalue weighted by atomic mass is 32.2. The topological polar surface area (TPSA) is 50.5 Å². The van der Waals surface area contributed by atoms with Crippen molar-refractivity contribution in [2.24, 2.45) is 0 Å². The SMILES string of the molecule is O=S(=O)(C1CC1)N1CCSC(c2ccco2)CC1. The van der Waals surface area contributed by atoms with Crippen LogP contribution in [-0.4, -0.2) is 36.8 Å². The third-order valence-corrected chi connectivity index (χ3v) is 7.15. The molecule has 0 radical (unpaired) electrons. The average molecular weight is 287 g/mol. The van der Waals surface area contributed by atoms with Gasteiger partial charge < -0.3 is 4.42 Å². The van der Waals surface area contributed by atoms with Gasteiger partial charge in [-0.2, -0.15) is 0 Å². The molecule has 2 aliphatic rings. The molecule has 1 aliphatic heterocycles. The maximum absolute atomic E-state index is 12.2. The summed E-state index contributed by atoms with van der Waals surface area (Å²) in [6, 6.07) is 3.86. The average Bonchev–Trinajstić information content (AvgIpc) is 3.13. The lowest BCUT2D eigenvalue weighted by molar-refractivity contribution is 0.416. The summed E-state index contributed by atoms with van der Waals surface area (Å²) in [6.45, 7) is 1.26. The van der Waals surface area contributed by atoms with E-state index in [-0.39, 0.29) is 5.25 Å². The Balaban J connectivity index is 1.68. The predicted molar refractivity (Wildman–Crippen MR) is 72.0 cm³/mol. The van der Waals surface area contributed by atoms with Crippen molar-refractivity contribution in [2.75, 3.05) is 18.8 Å². The normalized spacial score (nSPS) is 27.0. The van der Waals surface area contributed by atoms with Gasteiger partial charge in [-0.25, -0.2) is 12.7 Å². The fraction of sp³-hybridized carbons (Fsp3) is 0.667. The first-order chi connectivity index (χ1) is 8.68. The lowest BCUT2D eigenvalue weighted by atomic mass is 10.2. The van der Waals surface area contributed by atoms with E-state index in [4.69, 9.17) is 4.42 Å². The van der Waals surface area contributed by atoms with Crippen LogP contribution in [-0.2, 0) is 10.0 Å². The first-order valence-corrected chi connectivity index (χ1v) is 8.87. The number of sulfonamides is 1. The molecule has 0 N–H and O–H groups in total. The third kappa shape index (κ3) is 2.46. The zero-order valence-corrected chi connectivity index (χ0v) is 11.8. The maximum atomic E-state index is 12.2. The Morgan fingerprint density at radius 1 is 1.28 bits per heavy atom. The van der Waals surface area contributed by atoms with Crippen LogP contribution in [0.15, 0.2) is 22.8 Å². The molecular weight excluding hydrogens is 270 g/mol. The fourth-order valence-electron chi connectivity index (χ4n) is 2.28. The molecule has 0 aromatic carbocycles. The van der Waals surface area contributed by atoms with Gasteiger partial charge in [0.25, 0.3) is 0 Å². The molecule has 100 valence electrons. The van der Waals surface area contributed by atoms with Crippen molar-refractivity contribution in [1.82, 2.24) is 4.31 Å². The van der Waals surface area contributed by atoms with E-state index in [1.807, 2.05) is 12.1 Å². The van der Waals surface area contributed by atoms with E-state index in [1.165, 1.54) is 0 Å². The standard InChI is InChI=1S/C12H17NO3S2/c14-18(15,10-3-4-10)13-6-5-12(17-9-7-13)11-2-1-8-16-11/h1-2,8,10,12H,3-7,9H2. The van der Waals surface area contributed by atoms with Crippen molar-refractivity contribution in [1.29, 1.82) is 0 Å². The van der Waals surface area contributed by atoms with Crippen LogP contribution in [0.4, 0.5) is 0 Å². The van der Waals surface area contributed by atoms with E-state index in [9.17, 15) is 8.42 Å². The summed E-state index contributed by atoms with van der Waals surface area (Å²) in [5, 5.41) is 0.196. The van der Waals surface area contributed by atoms with E-state index in [1.54, 1.807) is 22.3 Å². The Labute approximate surface area is 112 Å². The Morgan fingerprint density at radius 2 is 2.11 bits per heavy atom. The molecule has 1 saturated heterocycles. The molecule has 1 saturated carbocycles. The fourth-order valence-corrected chi connectivity index (χ4v) is 5.44. The van der Waals surface area contributed by atoms with Gasteiger partial charge in [0.05, 0.1) is 16.8 Å². The van der Waals surface area contributed by atoms with Crippen LogP contribution < -0.4 is 0 Å². The van der Waals surface area contributed by atoms with Gasteiger partial charge in [-0.1, -0.05) is 0 Å². The second-order valence-corrected chi connectivity index (χ2v) is 8.33. The molecular formula is C12H17NO3S2. The molecule has 0 amide bonds. The van der Waals surface area contributed by atoms with Gasteiger partial charge in [0, 0.05) is 18.8 Å². The van der Waals surface area contributed by atoms with Gasteiger partial charge in [0.1, 0.15) is 5.76 Å². The molecule has 0 spiro atoms. The van der Waals surface area contributed by atoms with Gasteiger partial charge in [-0.15, -0.1) is 11.8 Å². The maximum Gasteiger partial charge on any atom is 0.217 e. The zero-order valence-electron chi connectivity index (χ0n) is 10.1. The highest BCUT2D eigenvalue weighted by molar-refractivity contribution is 7.99. The van der Waals surface area contributed by atoms with Crippen molar-refractivity contribution >= 4 is 21.8 Å². The van der Waals surface area contributed by atoms with E-state index in [0.717, 1.165) is 30.8 Å². The molecule has 6 heteroatoms. The van der Waals surface area contributed by atoms with Gasteiger partial charge >= 0.3 is 0 Å². The van der Waals surface area contributed by atoms with Crippen molar-refractivity contribution in [2.45, 2.75) is 29.8 Å². The second kappa shape index (κ2) is 4.90. The summed E-state index contributed by atoms with van der Waals surface area (Å²) in [7, 11) is -3.02. The van der Waals surface area contributed by atoms with Crippen LogP contribution in [0, 0.1) is 0 Å². The quantitative estimate of drug-likeness (QED) is 0.855. The number of hydrogen-bond donors (Lipinski definition) is 0. The number of hydrogen-bond acceptors (Lipinski definition) is 4. The van der Waals surface area contributed by atoms with Gasteiger partial charge in [0.2, 0.25) is 10.0 Å². The Kier molecular flexibility index (Phi) is 3.42. The smallest absolute Gasteiger partial charge is 0.217 e. The van der Waals surface area contributed by atoms with Crippen LogP contribution in [0.3, 0.4) is 0 Å². The summed E-state index contributed by atoms with van der Waals surface area (Å²) >= 11 is 1.79. The van der Waals surface area contributed by atoms with Crippen LogP contribution in [0.1, 0.15) is 30.3 Å². The van der Waals surface area contributed by atoms with E-state index < -0.39 is 10.0 Å². The Hall–Kier alpha value is -0.460. The molecule has 1 aliphatic carbocycles. The number of nitrogens with zero attached hydrogens (tertiary/aromatic N) is 1. The summed E-state index contributed by atoms with van der Waals surface area (Å²) in [6.07, 6.45) is 4.20. The predicted octanol–water partition coefficient (Wildman–Crippen LogP) is 2.25. The van der Waals surface area contributed by atoms with Crippen molar-refractivity contribution in [3.63, 3.8) is 0 Å². The molecule has 1 unspecified atom stereocenters. The lowest BCUT2D eigenvalue weighted by Gasteiger charge is -2.19. The molecule has 18 heavy (non-hydrogen) atoms. The van der Waals surface area contributed by atoms with E-state index >= 15 is 0 Å². The van der Waals surface area contributed by atoms with E-state index in [2.05, 4.69) is 0 Å². The van der Waals surface area contributed by atoms with Crippen LogP contribution in [0.5, 0.6) is 0 Å². The monoisotopic (exact) mass is 287 g/mol. The summed E-state index contributed by atoms with van der Waals surface area (Å²) in [5.74, 6) is 1.81. The lowest BCUT2D eigenvalue weighted by Crippen LogP contribution is -2.35. The second-order valence-electron chi connectivity index (χ2n) is 4.81. The van der Waals surface area contributed by atoms with Gasteiger partial charge in [0.15, 0.2) is 0 Å². The highest BCUT2D eigenvalue weighted by Gasteiger charge is 2.40. The summed E-state index contributed by atoms with van der Waals surface area (Å²) in [5.41, 5.74) is 0. The van der Waals surface area contributed by atoms with Crippen molar-refractivity contribution in [3.05, 3.63) is 24.2 Å².